The fourth-order valence-electron chi connectivity index (χ4n) is 0.811. The summed E-state index contributed by atoms with van der Waals surface area (Å²) in [5.41, 5.74) is -0.356. The molecule has 0 aliphatic rings. The summed E-state index contributed by atoms with van der Waals surface area (Å²) in [6, 6.07) is 1.98. The van der Waals surface area contributed by atoms with Crippen molar-refractivity contribution in [2.24, 2.45) is 0 Å². The Morgan fingerprint density at radius 3 is 2.42 bits per heavy atom. The predicted octanol–water partition coefficient (Wildman–Crippen LogP) is 1.87. The number of hydrogen-bond donors (Lipinski definition) is 1. The minimum Gasteiger partial charge on any atom is -0.505 e. The number of halogens is 2. The SMILES string of the molecule is CC(=O)c1ccc(O)c(F)c1F. The zero-order valence-electron chi connectivity index (χ0n) is 6.27. The van der Waals surface area contributed by atoms with Gasteiger partial charge in [0.05, 0.1) is 5.56 Å². The molecule has 0 aliphatic carbocycles. The lowest BCUT2D eigenvalue weighted by molar-refractivity contribution is 0.101. The number of phenolic OH excluding ortho intramolecular Hbond substituents is 1. The van der Waals surface area contributed by atoms with Crippen molar-refractivity contribution in [1.29, 1.82) is 0 Å². The van der Waals surface area contributed by atoms with Gasteiger partial charge in [-0.05, 0) is 19.1 Å². The molecule has 0 aromatic heterocycles. The molecule has 0 radical (unpaired) electrons. The van der Waals surface area contributed by atoms with Gasteiger partial charge in [-0.15, -0.1) is 0 Å². The van der Waals surface area contributed by atoms with E-state index in [1.54, 1.807) is 0 Å². The van der Waals surface area contributed by atoms with E-state index < -0.39 is 23.2 Å². The zero-order chi connectivity index (χ0) is 9.30. The molecule has 0 saturated carbocycles. The second-order valence-corrected chi connectivity index (χ2v) is 2.32. The number of phenols is 1. The van der Waals surface area contributed by atoms with Gasteiger partial charge in [0.15, 0.2) is 17.3 Å². The molecule has 1 aromatic carbocycles. The Hall–Kier alpha value is -1.45. The molecule has 0 spiro atoms. The van der Waals surface area contributed by atoms with E-state index >= 15 is 0 Å². The van der Waals surface area contributed by atoms with Crippen LogP contribution < -0.4 is 0 Å². The Labute approximate surface area is 67.4 Å². The van der Waals surface area contributed by atoms with Crippen molar-refractivity contribution in [2.45, 2.75) is 6.92 Å². The molecule has 0 atom stereocenters. The maximum atomic E-state index is 12.8. The third-order valence-electron chi connectivity index (χ3n) is 1.44. The topological polar surface area (TPSA) is 37.3 Å². The first-order valence-corrected chi connectivity index (χ1v) is 3.22. The van der Waals surface area contributed by atoms with E-state index in [1.807, 2.05) is 0 Å². The van der Waals surface area contributed by atoms with E-state index in [0.717, 1.165) is 19.1 Å². The first-order valence-electron chi connectivity index (χ1n) is 3.22. The van der Waals surface area contributed by atoms with Crippen LogP contribution in [-0.2, 0) is 0 Å². The van der Waals surface area contributed by atoms with E-state index in [2.05, 4.69) is 0 Å². The van der Waals surface area contributed by atoms with Crippen molar-refractivity contribution in [2.75, 3.05) is 0 Å². The Morgan fingerprint density at radius 2 is 1.92 bits per heavy atom. The molecule has 0 fully saturated rings. The second-order valence-electron chi connectivity index (χ2n) is 2.32. The summed E-state index contributed by atoms with van der Waals surface area (Å²) in [5.74, 6) is -4.06. The maximum absolute atomic E-state index is 12.8. The lowest BCUT2D eigenvalue weighted by atomic mass is 10.1. The number of ketones is 1. The van der Waals surface area contributed by atoms with Gasteiger partial charge < -0.3 is 5.11 Å². The summed E-state index contributed by atoms with van der Waals surface area (Å²) < 4.78 is 25.3. The van der Waals surface area contributed by atoms with Gasteiger partial charge in [0.25, 0.3) is 0 Å². The standard InChI is InChI=1S/C8H6F2O2/c1-4(11)5-2-3-6(12)8(10)7(5)9/h2-3,12H,1H3. The van der Waals surface area contributed by atoms with Gasteiger partial charge in [0.1, 0.15) is 0 Å². The molecule has 0 aliphatic heterocycles. The van der Waals surface area contributed by atoms with Crippen LogP contribution in [-0.4, -0.2) is 10.9 Å². The average Bonchev–Trinajstić information content (AvgIpc) is 2.00. The number of hydrogen-bond acceptors (Lipinski definition) is 2. The molecule has 1 N–H and O–H groups in total. The van der Waals surface area contributed by atoms with Crippen LogP contribution in [0.5, 0.6) is 5.75 Å². The number of carbonyl (C=O) groups is 1. The van der Waals surface area contributed by atoms with Crippen molar-refractivity contribution in [3.8, 4) is 5.75 Å². The van der Waals surface area contributed by atoms with E-state index in [9.17, 15) is 13.6 Å². The normalized spacial score (nSPS) is 9.92. The molecular weight excluding hydrogens is 166 g/mol. The summed E-state index contributed by atoms with van der Waals surface area (Å²) >= 11 is 0. The van der Waals surface area contributed by atoms with Gasteiger partial charge in [0, 0.05) is 0 Å². The molecule has 12 heavy (non-hydrogen) atoms. The van der Waals surface area contributed by atoms with Crippen LogP contribution in [0.4, 0.5) is 8.78 Å². The van der Waals surface area contributed by atoms with Crippen LogP contribution >= 0.6 is 0 Å². The molecule has 1 rings (SSSR count). The minimum atomic E-state index is -1.39. The predicted molar refractivity (Wildman–Crippen MR) is 38.0 cm³/mol. The van der Waals surface area contributed by atoms with Crippen molar-refractivity contribution >= 4 is 5.78 Å². The van der Waals surface area contributed by atoms with Crippen molar-refractivity contribution in [3.63, 3.8) is 0 Å². The van der Waals surface area contributed by atoms with Crippen molar-refractivity contribution in [3.05, 3.63) is 29.3 Å². The minimum absolute atomic E-state index is 0.356. The molecule has 0 heterocycles. The van der Waals surface area contributed by atoms with E-state index in [-0.39, 0.29) is 5.56 Å². The third kappa shape index (κ3) is 1.28. The molecule has 1 aromatic rings. The molecule has 0 amide bonds. The monoisotopic (exact) mass is 172 g/mol. The lowest BCUT2D eigenvalue weighted by Crippen LogP contribution is -1.99. The Bertz CT molecular complexity index is 334. The highest BCUT2D eigenvalue weighted by molar-refractivity contribution is 5.94. The molecular formula is C8H6F2O2. The van der Waals surface area contributed by atoms with E-state index in [4.69, 9.17) is 5.11 Å². The summed E-state index contributed by atoms with van der Waals surface area (Å²) in [6.45, 7) is 1.12. The molecule has 0 unspecified atom stereocenters. The van der Waals surface area contributed by atoms with Crippen LogP contribution in [0.2, 0.25) is 0 Å². The highest BCUT2D eigenvalue weighted by atomic mass is 19.2. The van der Waals surface area contributed by atoms with Gasteiger partial charge >= 0.3 is 0 Å². The van der Waals surface area contributed by atoms with Crippen molar-refractivity contribution < 1.29 is 18.7 Å². The Kier molecular flexibility index (Phi) is 2.08. The maximum Gasteiger partial charge on any atom is 0.201 e. The van der Waals surface area contributed by atoms with Gasteiger partial charge in [0.2, 0.25) is 5.82 Å². The van der Waals surface area contributed by atoms with E-state index in [0.29, 0.717) is 0 Å². The summed E-state index contributed by atoms with van der Waals surface area (Å²) in [6.07, 6.45) is 0. The first-order chi connectivity index (χ1) is 5.54. The number of aromatic hydroxyl groups is 1. The molecule has 2 nitrogen and oxygen atoms in total. The summed E-state index contributed by atoms with van der Waals surface area (Å²) in [7, 11) is 0. The highest BCUT2D eigenvalue weighted by Gasteiger charge is 2.14. The smallest absolute Gasteiger partial charge is 0.201 e. The highest BCUT2D eigenvalue weighted by Crippen LogP contribution is 2.21. The number of rotatable bonds is 1. The van der Waals surface area contributed by atoms with Crippen LogP contribution in [0.1, 0.15) is 17.3 Å². The summed E-state index contributed by atoms with van der Waals surface area (Å²) in [4.78, 5) is 10.6. The quantitative estimate of drug-likeness (QED) is 0.656. The van der Waals surface area contributed by atoms with Crippen LogP contribution in [0, 0.1) is 11.6 Å². The van der Waals surface area contributed by atoms with Crippen LogP contribution in [0.3, 0.4) is 0 Å². The van der Waals surface area contributed by atoms with Crippen molar-refractivity contribution in [1.82, 2.24) is 0 Å². The van der Waals surface area contributed by atoms with Gasteiger partial charge in [-0.25, -0.2) is 4.39 Å². The van der Waals surface area contributed by atoms with Gasteiger partial charge in [-0.1, -0.05) is 0 Å². The molecule has 0 saturated heterocycles. The average molecular weight is 172 g/mol. The lowest BCUT2D eigenvalue weighted by Gasteiger charge is -2.00. The fourth-order valence-corrected chi connectivity index (χ4v) is 0.811. The number of Topliss-reactive ketones (excluding diaryl/α,β-unsaturated/α-hetero) is 1. The second kappa shape index (κ2) is 2.89. The fraction of sp³-hybridized carbons (Fsp3) is 0.125. The molecule has 0 bridgehead atoms. The Balaban J connectivity index is 3.36. The molecule has 64 valence electrons. The third-order valence-corrected chi connectivity index (χ3v) is 1.44. The molecule has 4 heteroatoms. The van der Waals surface area contributed by atoms with Gasteiger partial charge in [-0.3, -0.25) is 4.79 Å². The van der Waals surface area contributed by atoms with Gasteiger partial charge in [-0.2, -0.15) is 4.39 Å². The first kappa shape index (κ1) is 8.64. The largest absolute Gasteiger partial charge is 0.505 e. The summed E-state index contributed by atoms with van der Waals surface area (Å²) in [5, 5.41) is 8.68. The Morgan fingerprint density at radius 1 is 1.33 bits per heavy atom. The number of benzene rings is 1. The number of carbonyl (C=O) groups excluding carboxylic acids is 1. The van der Waals surface area contributed by atoms with E-state index in [1.165, 1.54) is 0 Å². The van der Waals surface area contributed by atoms with Crippen LogP contribution in [0.25, 0.3) is 0 Å². The zero-order valence-corrected chi connectivity index (χ0v) is 6.27. The van der Waals surface area contributed by atoms with Crippen LogP contribution in [0.15, 0.2) is 12.1 Å².